The molecular weight excluding hydrogens is 360 g/mol. The number of piperidine rings is 1. The minimum absolute atomic E-state index is 0.559. The molecule has 22 heavy (non-hydrogen) atoms. The summed E-state index contributed by atoms with van der Waals surface area (Å²) in [6.07, 6.45) is 2.33. The summed E-state index contributed by atoms with van der Waals surface area (Å²) in [5.41, 5.74) is 2.43. The topological polar surface area (TPSA) is 15.3 Å². The molecule has 0 aromatic heterocycles. The van der Waals surface area contributed by atoms with Gasteiger partial charge in [0.05, 0.1) is 0 Å². The SMILES string of the molecule is Clc1ccccc1CN1CCC(Nc2ccc(Br)cc2)CC1. The fourth-order valence-corrected chi connectivity index (χ4v) is 3.34. The van der Waals surface area contributed by atoms with E-state index >= 15 is 0 Å². The molecule has 0 aliphatic carbocycles. The van der Waals surface area contributed by atoms with Gasteiger partial charge in [0.2, 0.25) is 0 Å². The lowest BCUT2D eigenvalue weighted by Gasteiger charge is -2.33. The summed E-state index contributed by atoms with van der Waals surface area (Å²) in [5.74, 6) is 0. The van der Waals surface area contributed by atoms with Gasteiger partial charge in [0.15, 0.2) is 0 Å². The van der Waals surface area contributed by atoms with Gasteiger partial charge in [0, 0.05) is 40.9 Å². The van der Waals surface area contributed by atoms with E-state index in [4.69, 9.17) is 11.6 Å². The highest BCUT2D eigenvalue weighted by atomic mass is 79.9. The van der Waals surface area contributed by atoms with Crippen molar-refractivity contribution in [2.75, 3.05) is 18.4 Å². The molecule has 2 aromatic carbocycles. The standard InChI is InChI=1S/C18H20BrClN2/c19-15-5-7-16(8-6-15)21-17-9-11-22(12-10-17)13-14-3-1-2-4-18(14)20/h1-8,17,21H,9-13H2. The zero-order valence-corrected chi connectivity index (χ0v) is 14.8. The van der Waals surface area contributed by atoms with Gasteiger partial charge in [-0.15, -0.1) is 0 Å². The molecule has 4 heteroatoms. The third-order valence-corrected chi connectivity index (χ3v) is 5.05. The summed E-state index contributed by atoms with van der Waals surface area (Å²) in [6.45, 7) is 3.17. The van der Waals surface area contributed by atoms with Gasteiger partial charge in [-0.1, -0.05) is 45.7 Å². The lowest BCUT2D eigenvalue weighted by Crippen LogP contribution is -2.38. The molecule has 1 aliphatic heterocycles. The van der Waals surface area contributed by atoms with Crippen LogP contribution < -0.4 is 5.32 Å². The number of likely N-dealkylation sites (tertiary alicyclic amines) is 1. The second kappa shape index (κ2) is 7.49. The second-order valence-electron chi connectivity index (χ2n) is 5.79. The first-order valence-corrected chi connectivity index (χ1v) is 8.86. The van der Waals surface area contributed by atoms with Crippen molar-refractivity contribution in [3.63, 3.8) is 0 Å². The fraction of sp³-hybridized carbons (Fsp3) is 0.333. The summed E-state index contributed by atoms with van der Waals surface area (Å²) >= 11 is 9.72. The average molecular weight is 380 g/mol. The Morgan fingerprint density at radius 2 is 1.73 bits per heavy atom. The fourth-order valence-electron chi connectivity index (χ4n) is 2.88. The van der Waals surface area contributed by atoms with E-state index in [1.165, 1.54) is 24.1 Å². The zero-order valence-electron chi connectivity index (χ0n) is 12.4. The third-order valence-electron chi connectivity index (χ3n) is 4.15. The molecule has 1 fully saturated rings. The Kier molecular flexibility index (Phi) is 5.40. The van der Waals surface area contributed by atoms with Gasteiger partial charge in [0.1, 0.15) is 0 Å². The number of rotatable bonds is 4. The van der Waals surface area contributed by atoms with E-state index in [9.17, 15) is 0 Å². The number of hydrogen-bond acceptors (Lipinski definition) is 2. The lowest BCUT2D eigenvalue weighted by atomic mass is 10.0. The predicted molar refractivity (Wildman–Crippen MR) is 97.5 cm³/mol. The summed E-state index contributed by atoms with van der Waals surface area (Å²) < 4.78 is 1.12. The smallest absolute Gasteiger partial charge is 0.0451 e. The molecule has 0 atom stereocenters. The predicted octanol–water partition coefficient (Wildman–Crippen LogP) is 5.18. The third kappa shape index (κ3) is 4.25. The van der Waals surface area contributed by atoms with Crippen LogP contribution in [0.1, 0.15) is 18.4 Å². The van der Waals surface area contributed by atoms with Crippen molar-refractivity contribution in [2.24, 2.45) is 0 Å². The van der Waals surface area contributed by atoms with Crippen LogP contribution in [0.15, 0.2) is 53.0 Å². The number of halogens is 2. The molecule has 1 N–H and O–H groups in total. The van der Waals surface area contributed by atoms with Crippen molar-refractivity contribution in [1.29, 1.82) is 0 Å². The molecule has 3 rings (SSSR count). The van der Waals surface area contributed by atoms with Gasteiger partial charge >= 0.3 is 0 Å². The Bertz CT molecular complexity index is 607. The van der Waals surface area contributed by atoms with Crippen molar-refractivity contribution >= 4 is 33.2 Å². The van der Waals surface area contributed by atoms with Gasteiger partial charge in [0.25, 0.3) is 0 Å². The van der Waals surface area contributed by atoms with E-state index in [0.29, 0.717) is 6.04 Å². The maximum absolute atomic E-state index is 6.25. The molecule has 0 spiro atoms. The summed E-state index contributed by atoms with van der Waals surface area (Å²) in [6, 6.07) is 17.1. The zero-order chi connectivity index (χ0) is 15.4. The van der Waals surface area contributed by atoms with E-state index in [1.54, 1.807) is 0 Å². The molecule has 0 amide bonds. The van der Waals surface area contributed by atoms with Crippen LogP contribution in [0, 0.1) is 0 Å². The van der Waals surface area contributed by atoms with Gasteiger partial charge < -0.3 is 5.32 Å². The number of anilines is 1. The quantitative estimate of drug-likeness (QED) is 0.787. The van der Waals surface area contributed by atoms with Crippen molar-refractivity contribution in [2.45, 2.75) is 25.4 Å². The van der Waals surface area contributed by atoms with Crippen molar-refractivity contribution in [3.05, 3.63) is 63.6 Å². The first kappa shape index (κ1) is 15.9. The minimum Gasteiger partial charge on any atom is -0.382 e. The summed E-state index contributed by atoms with van der Waals surface area (Å²) in [5, 5.41) is 4.50. The molecule has 1 heterocycles. The van der Waals surface area contributed by atoms with Crippen LogP contribution in [-0.4, -0.2) is 24.0 Å². The molecule has 0 saturated carbocycles. The molecule has 0 radical (unpaired) electrons. The van der Waals surface area contributed by atoms with E-state index in [1.807, 2.05) is 12.1 Å². The number of hydrogen-bond donors (Lipinski definition) is 1. The van der Waals surface area contributed by atoms with Gasteiger partial charge in [-0.25, -0.2) is 0 Å². The maximum atomic E-state index is 6.25. The Morgan fingerprint density at radius 3 is 2.41 bits per heavy atom. The Hall–Kier alpha value is -1.03. The van der Waals surface area contributed by atoms with Crippen molar-refractivity contribution in [3.8, 4) is 0 Å². The second-order valence-corrected chi connectivity index (χ2v) is 7.12. The van der Waals surface area contributed by atoms with E-state index in [2.05, 4.69) is 62.5 Å². The van der Waals surface area contributed by atoms with Crippen LogP contribution in [0.25, 0.3) is 0 Å². The normalized spacial score (nSPS) is 16.6. The monoisotopic (exact) mass is 378 g/mol. The van der Waals surface area contributed by atoms with E-state index in [0.717, 1.165) is 29.1 Å². The molecule has 2 nitrogen and oxygen atoms in total. The summed E-state index contributed by atoms with van der Waals surface area (Å²) in [7, 11) is 0. The minimum atomic E-state index is 0.559. The number of nitrogens with one attached hydrogen (secondary N) is 1. The van der Waals surface area contributed by atoms with E-state index < -0.39 is 0 Å². The highest BCUT2D eigenvalue weighted by Gasteiger charge is 2.19. The van der Waals surface area contributed by atoms with Crippen LogP contribution in [0.2, 0.25) is 5.02 Å². The van der Waals surface area contributed by atoms with Crippen LogP contribution in [0.3, 0.4) is 0 Å². The highest BCUT2D eigenvalue weighted by Crippen LogP contribution is 2.22. The number of benzene rings is 2. The molecule has 1 aliphatic rings. The van der Waals surface area contributed by atoms with Gasteiger partial charge in [-0.05, 0) is 48.7 Å². The molecular formula is C18H20BrClN2. The Labute approximate surface area is 145 Å². The van der Waals surface area contributed by atoms with Crippen molar-refractivity contribution < 1.29 is 0 Å². The average Bonchev–Trinajstić information content (AvgIpc) is 2.54. The molecule has 2 aromatic rings. The molecule has 116 valence electrons. The van der Waals surface area contributed by atoms with Gasteiger partial charge in [-0.2, -0.15) is 0 Å². The molecule has 0 unspecified atom stereocenters. The largest absolute Gasteiger partial charge is 0.382 e. The summed E-state index contributed by atoms with van der Waals surface area (Å²) in [4.78, 5) is 2.49. The molecule has 1 saturated heterocycles. The van der Waals surface area contributed by atoms with Crippen LogP contribution in [0.4, 0.5) is 5.69 Å². The Balaban J connectivity index is 1.50. The number of nitrogens with zero attached hydrogens (tertiary/aromatic N) is 1. The first-order valence-electron chi connectivity index (χ1n) is 7.68. The Morgan fingerprint density at radius 1 is 1.05 bits per heavy atom. The lowest BCUT2D eigenvalue weighted by molar-refractivity contribution is 0.211. The van der Waals surface area contributed by atoms with Gasteiger partial charge in [-0.3, -0.25) is 4.90 Å². The van der Waals surface area contributed by atoms with Crippen LogP contribution in [-0.2, 0) is 6.54 Å². The molecule has 0 bridgehead atoms. The van der Waals surface area contributed by atoms with Crippen LogP contribution in [0.5, 0.6) is 0 Å². The highest BCUT2D eigenvalue weighted by molar-refractivity contribution is 9.10. The maximum Gasteiger partial charge on any atom is 0.0451 e. The van der Waals surface area contributed by atoms with Crippen LogP contribution >= 0.6 is 27.5 Å². The van der Waals surface area contributed by atoms with E-state index in [-0.39, 0.29) is 0 Å². The van der Waals surface area contributed by atoms with Crippen molar-refractivity contribution in [1.82, 2.24) is 4.90 Å². The first-order chi connectivity index (χ1) is 10.7.